The number of β-amino-alcohol motifs (C(OH)–C–C–N with tert-alkyl or cyclic N) is 1. The molecule has 1 aliphatic rings. The molecule has 0 unspecified atom stereocenters. The minimum atomic E-state index is -0.504. The van der Waals surface area contributed by atoms with Crippen LogP contribution in [0.1, 0.15) is 39.0 Å². The van der Waals surface area contributed by atoms with Gasteiger partial charge in [0.2, 0.25) is 5.91 Å². The van der Waals surface area contributed by atoms with Crippen molar-refractivity contribution < 1.29 is 9.90 Å². The Morgan fingerprint density at radius 2 is 2.07 bits per heavy atom. The maximum absolute atomic E-state index is 11.5. The lowest BCUT2D eigenvalue weighted by molar-refractivity contribution is -0.130. The smallest absolute Gasteiger partial charge is 0.237 e. The highest BCUT2D eigenvalue weighted by Crippen LogP contribution is 2.34. The van der Waals surface area contributed by atoms with Gasteiger partial charge in [-0.25, -0.2) is 0 Å². The first-order chi connectivity index (χ1) is 7.03. The van der Waals surface area contributed by atoms with E-state index in [1.807, 2.05) is 18.9 Å². The molecule has 1 rings (SSSR count). The molecule has 0 radical (unpaired) electrons. The molecule has 1 amide bonds. The van der Waals surface area contributed by atoms with Crippen LogP contribution in [0.15, 0.2) is 0 Å². The Labute approximate surface area is 91.4 Å². The molecule has 0 bridgehead atoms. The molecule has 0 heterocycles. The lowest BCUT2D eigenvalue weighted by Gasteiger charge is -2.36. The summed E-state index contributed by atoms with van der Waals surface area (Å²) in [5.41, 5.74) is 4.98. The minimum Gasteiger partial charge on any atom is -0.392 e. The van der Waals surface area contributed by atoms with Crippen LogP contribution in [-0.2, 0) is 4.79 Å². The molecular weight excluding hydrogens is 192 g/mol. The fraction of sp³-hybridized carbons (Fsp3) is 0.909. The van der Waals surface area contributed by atoms with Crippen LogP contribution in [0, 0.1) is 0 Å². The number of likely N-dealkylation sites (N-methyl/N-ethyl adjacent to an activating group) is 1. The van der Waals surface area contributed by atoms with Crippen LogP contribution in [0.3, 0.4) is 0 Å². The quantitative estimate of drug-likeness (QED) is 0.700. The van der Waals surface area contributed by atoms with Crippen LogP contribution in [0.25, 0.3) is 0 Å². The zero-order chi connectivity index (χ0) is 11.5. The first kappa shape index (κ1) is 12.5. The van der Waals surface area contributed by atoms with E-state index in [4.69, 9.17) is 5.73 Å². The van der Waals surface area contributed by atoms with E-state index in [1.165, 1.54) is 0 Å². The van der Waals surface area contributed by atoms with Gasteiger partial charge >= 0.3 is 0 Å². The van der Waals surface area contributed by atoms with Crippen LogP contribution in [0.4, 0.5) is 0 Å². The number of amides is 1. The van der Waals surface area contributed by atoms with Crippen molar-refractivity contribution in [1.29, 1.82) is 0 Å². The van der Waals surface area contributed by atoms with Crippen molar-refractivity contribution in [1.82, 2.24) is 4.90 Å². The Kier molecular flexibility index (Phi) is 4.11. The highest BCUT2D eigenvalue weighted by atomic mass is 16.3. The number of rotatable bonds is 5. The Morgan fingerprint density at radius 1 is 1.53 bits per heavy atom. The fourth-order valence-corrected chi connectivity index (χ4v) is 2.40. The summed E-state index contributed by atoms with van der Waals surface area (Å²) in [5, 5.41) is 9.59. The third-order valence-electron chi connectivity index (χ3n) is 3.58. The van der Waals surface area contributed by atoms with Crippen molar-refractivity contribution >= 4 is 5.91 Å². The molecule has 88 valence electrons. The van der Waals surface area contributed by atoms with Gasteiger partial charge in [0.05, 0.1) is 11.6 Å². The van der Waals surface area contributed by atoms with Crippen molar-refractivity contribution in [2.24, 2.45) is 5.73 Å². The van der Waals surface area contributed by atoms with Gasteiger partial charge in [-0.2, -0.15) is 0 Å². The Balaban J connectivity index is 2.68. The molecule has 3 N–H and O–H groups in total. The molecular formula is C11H22N2O2. The predicted molar refractivity (Wildman–Crippen MR) is 59.3 cm³/mol. The van der Waals surface area contributed by atoms with Gasteiger partial charge in [-0.15, -0.1) is 0 Å². The Morgan fingerprint density at radius 3 is 2.47 bits per heavy atom. The van der Waals surface area contributed by atoms with Crippen molar-refractivity contribution in [2.75, 3.05) is 13.6 Å². The summed E-state index contributed by atoms with van der Waals surface area (Å²) in [6.45, 7) is 2.46. The van der Waals surface area contributed by atoms with Gasteiger partial charge in [-0.1, -0.05) is 19.8 Å². The van der Waals surface area contributed by atoms with E-state index in [1.54, 1.807) is 0 Å². The number of nitrogens with zero attached hydrogens (tertiary/aromatic N) is 1. The van der Waals surface area contributed by atoms with E-state index in [9.17, 15) is 9.90 Å². The van der Waals surface area contributed by atoms with Crippen LogP contribution >= 0.6 is 0 Å². The second-order valence-electron chi connectivity index (χ2n) is 4.55. The lowest BCUT2D eigenvalue weighted by Crippen LogP contribution is -2.55. The summed E-state index contributed by atoms with van der Waals surface area (Å²) in [7, 11) is 1.88. The van der Waals surface area contributed by atoms with Gasteiger partial charge in [0.15, 0.2) is 0 Å². The largest absolute Gasteiger partial charge is 0.392 e. The maximum Gasteiger partial charge on any atom is 0.237 e. The SMILES string of the molecule is CC[C@@H](O)CN(C)C1(C(N)=O)CCCC1. The van der Waals surface area contributed by atoms with Crippen molar-refractivity contribution in [3.8, 4) is 0 Å². The van der Waals surface area contributed by atoms with E-state index in [0.717, 1.165) is 25.7 Å². The number of carbonyl (C=O) groups excluding carboxylic acids is 1. The molecule has 0 aromatic carbocycles. The summed E-state index contributed by atoms with van der Waals surface area (Å²) in [6.07, 6.45) is 4.10. The zero-order valence-electron chi connectivity index (χ0n) is 9.70. The minimum absolute atomic E-state index is 0.245. The summed E-state index contributed by atoms with van der Waals surface area (Å²) in [4.78, 5) is 13.5. The van der Waals surface area contributed by atoms with E-state index >= 15 is 0 Å². The fourth-order valence-electron chi connectivity index (χ4n) is 2.40. The summed E-state index contributed by atoms with van der Waals surface area (Å²) in [6, 6.07) is 0. The third kappa shape index (κ3) is 2.49. The molecule has 0 aromatic rings. The number of carbonyl (C=O) groups is 1. The average molecular weight is 214 g/mol. The third-order valence-corrected chi connectivity index (χ3v) is 3.58. The molecule has 4 heteroatoms. The van der Waals surface area contributed by atoms with E-state index in [-0.39, 0.29) is 12.0 Å². The van der Waals surface area contributed by atoms with Crippen LogP contribution in [0.5, 0.6) is 0 Å². The standard InChI is InChI=1S/C11H22N2O2/c1-3-9(14)8-13(2)11(10(12)15)6-4-5-7-11/h9,14H,3-8H2,1-2H3,(H2,12,15)/t9-/m1/s1. The van der Waals surface area contributed by atoms with Crippen molar-refractivity contribution in [2.45, 2.75) is 50.7 Å². The maximum atomic E-state index is 11.5. The van der Waals surface area contributed by atoms with Gasteiger partial charge in [-0.05, 0) is 26.3 Å². The Bertz CT molecular complexity index is 225. The number of aliphatic hydroxyl groups excluding tert-OH is 1. The monoisotopic (exact) mass is 214 g/mol. The molecule has 1 saturated carbocycles. The van der Waals surface area contributed by atoms with Gasteiger partial charge in [-0.3, -0.25) is 9.69 Å². The molecule has 0 aromatic heterocycles. The number of primary amides is 1. The van der Waals surface area contributed by atoms with Gasteiger partial charge in [0.25, 0.3) is 0 Å². The van der Waals surface area contributed by atoms with Crippen LogP contribution in [-0.4, -0.2) is 41.1 Å². The number of aliphatic hydroxyl groups is 1. The first-order valence-electron chi connectivity index (χ1n) is 5.72. The molecule has 0 aliphatic heterocycles. The second kappa shape index (κ2) is 4.94. The molecule has 15 heavy (non-hydrogen) atoms. The number of hydrogen-bond acceptors (Lipinski definition) is 3. The molecule has 1 aliphatic carbocycles. The number of hydrogen-bond donors (Lipinski definition) is 2. The van der Waals surface area contributed by atoms with Crippen molar-refractivity contribution in [3.05, 3.63) is 0 Å². The highest BCUT2D eigenvalue weighted by Gasteiger charge is 2.43. The molecule has 1 fully saturated rings. The normalized spacial score (nSPS) is 21.9. The summed E-state index contributed by atoms with van der Waals surface area (Å²) in [5.74, 6) is -0.245. The first-order valence-corrected chi connectivity index (χ1v) is 5.72. The van der Waals surface area contributed by atoms with Crippen LogP contribution < -0.4 is 5.73 Å². The van der Waals surface area contributed by atoms with Gasteiger partial charge in [0.1, 0.15) is 0 Å². The molecule has 0 spiro atoms. The number of nitrogens with two attached hydrogens (primary N) is 1. The average Bonchev–Trinajstić information content (AvgIpc) is 2.67. The second-order valence-corrected chi connectivity index (χ2v) is 4.55. The molecule has 1 atom stereocenters. The highest BCUT2D eigenvalue weighted by molar-refractivity contribution is 5.85. The van der Waals surface area contributed by atoms with E-state index in [0.29, 0.717) is 13.0 Å². The Hall–Kier alpha value is -0.610. The van der Waals surface area contributed by atoms with Crippen LogP contribution in [0.2, 0.25) is 0 Å². The topological polar surface area (TPSA) is 66.6 Å². The molecule has 0 saturated heterocycles. The van der Waals surface area contributed by atoms with Gasteiger partial charge in [0, 0.05) is 6.54 Å². The lowest BCUT2D eigenvalue weighted by atomic mass is 9.94. The summed E-state index contributed by atoms with van der Waals surface area (Å²) < 4.78 is 0. The van der Waals surface area contributed by atoms with E-state index in [2.05, 4.69) is 0 Å². The molecule has 4 nitrogen and oxygen atoms in total. The van der Waals surface area contributed by atoms with E-state index < -0.39 is 5.54 Å². The summed E-state index contributed by atoms with van der Waals surface area (Å²) >= 11 is 0. The predicted octanol–water partition coefficient (Wildman–Crippen LogP) is 0.487. The van der Waals surface area contributed by atoms with Crippen molar-refractivity contribution in [3.63, 3.8) is 0 Å². The zero-order valence-corrected chi connectivity index (χ0v) is 9.70. The van der Waals surface area contributed by atoms with Gasteiger partial charge < -0.3 is 10.8 Å².